The van der Waals surface area contributed by atoms with E-state index in [2.05, 4.69) is 38.2 Å². The third-order valence-corrected chi connectivity index (χ3v) is 6.41. The van der Waals surface area contributed by atoms with E-state index in [0.29, 0.717) is 45.9 Å². The number of hydrogen-bond acceptors (Lipinski definition) is 4. The number of anilines is 2. The summed E-state index contributed by atoms with van der Waals surface area (Å²) in [5.74, 6) is 0.778. The van der Waals surface area contributed by atoms with Crippen LogP contribution in [-0.2, 0) is 15.0 Å². The summed E-state index contributed by atoms with van der Waals surface area (Å²) < 4.78 is 11.5. The van der Waals surface area contributed by atoms with E-state index in [1.54, 1.807) is 47.4 Å². The van der Waals surface area contributed by atoms with Gasteiger partial charge in [0.1, 0.15) is 18.1 Å². The Morgan fingerprint density at radius 1 is 1.08 bits per heavy atom. The molecule has 0 unspecified atom stereocenters. The highest BCUT2D eigenvalue weighted by Gasteiger charge is 2.26. The largest absolute Gasteiger partial charge is 0.492 e. The van der Waals surface area contributed by atoms with Gasteiger partial charge in [-0.05, 0) is 65.1 Å². The van der Waals surface area contributed by atoms with Crippen LogP contribution in [0.3, 0.4) is 0 Å². The summed E-state index contributed by atoms with van der Waals surface area (Å²) in [6.07, 6.45) is 2.99. The van der Waals surface area contributed by atoms with E-state index in [1.165, 1.54) is 11.6 Å². The van der Waals surface area contributed by atoms with Crippen molar-refractivity contribution in [3.05, 3.63) is 87.9 Å². The summed E-state index contributed by atoms with van der Waals surface area (Å²) in [5, 5.41) is 3.78. The van der Waals surface area contributed by atoms with Gasteiger partial charge in [-0.1, -0.05) is 62.2 Å². The van der Waals surface area contributed by atoms with E-state index in [9.17, 15) is 9.59 Å². The summed E-state index contributed by atoms with van der Waals surface area (Å²) in [7, 11) is 0. The molecule has 1 N–H and O–H groups in total. The lowest BCUT2D eigenvalue weighted by atomic mass is 9.87. The van der Waals surface area contributed by atoms with Crippen LogP contribution in [0.1, 0.15) is 31.9 Å². The lowest BCUT2D eigenvalue weighted by Crippen LogP contribution is -2.41. The van der Waals surface area contributed by atoms with Crippen LogP contribution in [0.25, 0.3) is 6.08 Å². The van der Waals surface area contributed by atoms with E-state index < -0.39 is 0 Å². The standard InChI is InChI=1S/C29H28Cl2N2O4/c1-29(2,3)20-6-10-23(11-7-20)36-15-14-33-25-17-22(9-12-26(25)37-18-28(33)35)32-27(34)13-5-19-4-8-21(30)16-24(19)31/h4-13,16-17H,14-15,18H2,1-3H3,(H,32,34)/b13-5+. The highest BCUT2D eigenvalue weighted by atomic mass is 35.5. The Morgan fingerprint density at radius 3 is 2.54 bits per heavy atom. The molecule has 0 aliphatic carbocycles. The zero-order chi connectivity index (χ0) is 26.6. The number of fused-ring (bicyclic) bond motifs is 1. The summed E-state index contributed by atoms with van der Waals surface area (Å²) in [5.41, 5.74) is 3.06. The Bertz CT molecular complexity index is 1330. The molecule has 8 heteroatoms. The van der Waals surface area contributed by atoms with E-state index in [-0.39, 0.29) is 23.8 Å². The first kappa shape index (κ1) is 26.6. The predicted molar refractivity (Wildman–Crippen MR) is 149 cm³/mol. The summed E-state index contributed by atoms with van der Waals surface area (Å²) in [6.45, 7) is 7.07. The van der Waals surface area contributed by atoms with Gasteiger partial charge in [0.25, 0.3) is 5.91 Å². The minimum atomic E-state index is -0.345. The highest BCUT2D eigenvalue weighted by Crippen LogP contribution is 2.34. The van der Waals surface area contributed by atoms with Crippen molar-refractivity contribution in [1.29, 1.82) is 0 Å². The van der Waals surface area contributed by atoms with Crippen molar-refractivity contribution in [3.63, 3.8) is 0 Å². The number of halogens is 2. The monoisotopic (exact) mass is 538 g/mol. The summed E-state index contributed by atoms with van der Waals surface area (Å²) in [4.78, 5) is 26.7. The number of ether oxygens (including phenoxy) is 2. The van der Waals surface area contributed by atoms with Crippen molar-refractivity contribution >= 4 is 52.5 Å². The molecule has 1 heterocycles. The molecular weight excluding hydrogens is 511 g/mol. The Kier molecular flexibility index (Phi) is 8.10. The summed E-state index contributed by atoms with van der Waals surface area (Å²) >= 11 is 12.1. The SMILES string of the molecule is CC(C)(C)c1ccc(OCCN2C(=O)COc3ccc(NC(=O)/C=C/c4ccc(Cl)cc4Cl)cc32)cc1. The topological polar surface area (TPSA) is 67.9 Å². The van der Waals surface area contributed by atoms with Crippen LogP contribution in [0.4, 0.5) is 11.4 Å². The quantitative estimate of drug-likeness (QED) is 0.338. The zero-order valence-electron chi connectivity index (χ0n) is 20.9. The fourth-order valence-electron chi connectivity index (χ4n) is 3.82. The van der Waals surface area contributed by atoms with Crippen LogP contribution in [0.2, 0.25) is 10.0 Å². The maximum absolute atomic E-state index is 12.6. The Labute approximate surface area is 226 Å². The molecule has 0 saturated carbocycles. The molecule has 6 nitrogen and oxygen atoms in total. The second-order valence-electron chi connectivity index (χ2n) is 9.63. The number of hydrogen-bond donors (Lipinski definition) is 1. The number of carbonyl (C=O) groups excluding carboxylic acids is 2. The molecule has 1 aliphatic heterocycles. The normalized spacial score (nSPS) is 13.3. The summed E-state index contributed by atoms with van der Waals surface area (Å²) in [6, 6.07) is 18.2. The number of rotatable bonds is 7. The molecule has 0 fully saturated rings. The molecule has 0 bridgehead atoms. The van der Waals surface area contributed by atoms with Crippen molar-refractivity contribution < 1.29 is 19.1 Å². The van der Waals surface area contributed by atoms with Gasteiger partial charge in [-0.15, -0.1) is 0 Å². The van der Waals surface area contributed by atoms with Gasteiger partial charge < -0.3 is 19.7 Å². The molecule has 0 aromatic heterocycles. The molecule has 0 radical (unpaired) electrons. The lowest BCUT2D eigenvalue weighted by molar-refractivity contribution is -0.121. The molecule has 0 atom stereocenters. The number of nitrogens with zero attached hydrogens (tertiary/aromatic N) is 1. The molecule has 3 aromatic carbocycles. The Balaban J connectivity index is 1.41. The Hall–Kier alpha value is -3.48. The second-order valence-corrected chi connectivity index (χ2v) is 10.5. The van der Waals surface area contributed by atoms with Gasteiger partial charge in [-0.25, -0.2) is 0 Å². The third-order valence-electron chi connectivity index (χ3n) is 5.85. The minimum Gasteiger partial charge on any atom is -0.492 e. The average Bonchev–Trinajstić information content (AvgIpc) is 2.84. The van der Waals surface area contributed by atoms with E-state index in [1.807, 2.05) is 12.1 Å². The van der Waals surface area contributed by atoms with Gasteiger partial charge in [0.2, 0.25) is 5.91 Å². The molecule has 0 saturated heterocycles. The van der Waals surface area contributed by atoms with Gasteiger partial charge in [0.05, 0.1) is 12.2 Å². The second kappa shape index (κ2) is 11.3. The minimum absolute atomic E-state index is 0.0520. The van der Waals surface area contributed by atoms with Crippen LogP contribution >= 0.6 is 23.2 Å². The van der Waals surface area contributed by atoms with E-state index in [4.69, 9.17) is 32.7 Å². The van der Waals surface area contributed by atoms with Crippen molar-refractivity contribution in [2.24, 2.45) is 0 Å². The molecular formula is C29H28Cl2N2O4. The first-order valence-electron chi connectivity index (χ1n) is 11.8. The van der Waals surface area contributed by atoms with Crippen molar-refractivity contribution in [2.75, 3.05) is 30.0 Å². The third kappa shape index (κ3) is 6.85. The predicted octanol–water partition coefficient (Wildman–Crippen LogP) is 6.75. The van der Waals surface area contributed by atoms with Crippen molar-refractivity contribution in [1.82, 2.24) is 0 Å². The highest BCUT2D eigenvalue weighted by molar-refractivity contribution is 6.35. The average molecular weight is 539 g/mol. The number of carbonyl (C=O) groups is 2. The van der Waals surface area contributed by atoms with Gasteiger partial charge in [-0.3, -0.25) is 9.59 Å². The van der Waals surface area contributed by atoms with Crippen LogP contribution < -0.4 is 19.7 Å². The molecule has 192 valence electrons. The molecule has 37 heavy (non-hydrogen) atoms. The van der Waals surface area contributed by atoms with Gasteiger partial charge in [0, 0.05) is 21.8 Å². The first-order valence-corrected chi connectivity index (χ1v) is 12.6. The maximum Gasteiger partial charge on any atom is 0.265 e. The van der Waals surface area contributed by atoms with Gasteiger partial charge in [-0.2, -0.15) is 0 Å². The maximum atomic E-state index is 12.6. The Morgan fingerprint density at radius 2 is 1.84 bits per heavy atom. The van der Waals surface area contributed by atoms with Crippen LogP contribution in [0.5, 0.6) is 11.5 Å². The van der Waals surface area contributed by atoms with E-state index in [0.717, 1.165) is 5.75 Å². The molecule has 3 aromatic rings. The molecule has 0 spiro atoms. The molecule has 4 rings (SSSR count). The van der Waals surface area contributed by atoms with Crippen molar-refractivity contribution in [2.45, 2.75) is 26.2 Å². The smallest absolute Gasteiger partial charge is 0.265 e. The van der Waals surface area contributed by atoms with Gasteiger partial charge in [0.15, 0.2) is 6.61 Å². The molecule has 1 aliphatic rings. The van der Waals surface area contributed by atoms with Crippen LogP contribution in [0.15, 0.2) is 66.7 Å². The first-order chi connectivity index (χ1) is 17.6. The molecule has 2 amide bonds. The lowest BCUT2D eigenvalue weighted by Gasteiger charge is -2.29. The fourth-order valence-corrected chi connectivity index (χ4v) is 4.29. The fraction of sp³-hybridized carbons (Fsp3) is 0.241. The van der Waals surface area contributed by atoms with Crippen LogP contribution in [-0.4, -0.2) is 31.6 Å². The van der Waals surface area contributed by atoms with Crippen LogP contribution in [0, 0.1) is 0 Å². The number of amides is 2. The van der Waals surface area contributed by atoms with Gasteiger partial charge >= 0.3 is 0 Å². The zero-order valence-corrected chi connectivity index (χ0v) is 22.4. The number of benzene rings is 3. The number of nitrogens with one attached hydrogen (secondary N) is 1. The van der Waals surface area contributed by atoms with E-state index >= 15 is 0 Å². The van der Waals surface area contributed by atoms with Crippen molar-refractivity contribution in [3.8, 4) is 11.5 Å².